The third kappa shape index (κ3) is 1.52. The first-order valence-electron chi connectivity index (χ1n) is 5.23. The highest BCUT2D eigenvalue weighted by atomic mass is 127. The van der Waals surface area contributed by atoms with E-state index in [2.05, 4.69) is 27.6 Å². The van der Waals surface area contributed by atoms with Crippen LogP contribution < -0.4 is 10.3 Å². The number of hydrogen-bond donors (Lipinski definition) is 1. The molecular formula is C12H10INO2. The molecule has 0 saturated carbocycles. The normalized spacial score (nSPS) is 14.6. The molecule has 1 aliphatic heterocycles. The van der Waals surface area contributed by atoms with Crippen LogP contribution in [-0.4, -0.2) is 11.6 Å². The van der Waals surface area contributed by atoms with Crippen molar-refractivity contribution < 1.29 is 4.74 Å². The minimum atomic E-state index is -0.01000. The van der Waals surface area contributed by atoms with Crippen molar-refractivity contribution in [2.75, 3.05) is 6.61 Å². The number of nitrogens with one attached hydrogen (secondary N) is 1. The largest absolute Gasteiger partial charge is 0.492 e. The zero-order valence-corrected chi connectivity index (χ0v) is 10.7. The molecule has 1 N–H and O–H groups in total. The number of benzene rings is 1. The Morgan fingerprint density at radius 2 is 2.25 bits per heavy atom. The van der Waals surface area contributed by atoms with Crippen molar-refractivity contribution in [1.29, 1.82) is 0 Å². The number of aromatic nitrogens is 1. The van der Waals surface area contributed by atoms with Crippen LogP contribution in [0.4, 0.5) is 0 Å². The number of H-pyrrole nitrogens is 1. The van der Waals surface area contributed by atoms with Crippen LogP contribution in [0.25, 0.3) is 10.9 Å². The summed E-state index contributed by atoms with van der Waals surface area (Å²) in [5.41, 5.74) is 1.64. The molecule has 0 amide bonds. The summed E-state index contributed by atoms with van der Waals surface area (Å²) in [4.78, 5) is 14.8. The molecular weight excluding hydrogens is 317 g/mol. The SMILES string of the molecule is O=c1[nH]c2cc(I)ccc2c2c1CCCO2. The molecule has 0 radical (unpaired) electrons. The maximum Gasteiger partial charge on any atom is 0.255 e. The van der Waals surface area contributed by atoms with Gasteiger partial charge in [-0.05, 0) is 53.6 Å². The van der Waals surface area contributed by atoms with Crippen LogP contribution in [0.1, 0.15) is 12.0 Å². The topological polar surface area (TPSA) is 42.1 Å². The number of aromatic amines is 1. The van der Waals surface area contributed by atoms with Gasteiger partial charge in [-0.25, -0.2) is 0 Å². The Morgan fingerprint density at radius 3 is 3.12 bits per heavy atom. The number of ether oxygens (including phenoxy) is 1. The smallest absolute Gasteiger partial charge is 0.255 e. The quantitative estimate of drug-likeness (QED) is 0.756. The van der Waals surface area contributed by atoms with Crippen molar-refractivity contribution in [1.82, 2.24) is 4.98 Å². The molecule has 2 aromatic rings. The van der Waals surface area contributed by atoms with Gasteiger partial charge in [0.05, 0.1) is 17.7 Å². The summed E-state index contributed by atoms with van der Waals surface area (Å²) in [6.45, 7) is 0.706. The highest BCUT2D eigenvalue weighted by Gasteiger charge is 2.17. The monoisotopic (exact) mass is 327 g/mol. The average molecular weight is 327 g/mol. The number of halogens is 1. The zero-order chi connectivity index (χ0) is 11.1. The molecule has 3 nitrogen and oxygen atoms in total. The lowest BCUT2D eigenvalue weighted by atomic mass is 10.0. The fraction of sp³-hybridized carbons (Fsp3) is 0.250. The van der Waals surface area contributed by atoms with E-state index in [1.165, 1.54) is 0 Å². The molecule has 0 spiro atoms. The second-order valence-corrected chi connectivity index (χ2v) is 5.15. The molecule has 0 aliphatic carbocycles. The third-order valence-corrected chi connectivity index (χ3v) is 3.51. The van der Waals surface area contributed by atoms with Crippen LogP contribution in [0.3, 0.4) is 0 Å². The van der Waals surface area contributed by atoms with Crippen LogP contribution in [0.5, 0.6) is 5.75 Å². The number of fused-ring (bicyclic) bond motifs is 3. The molecule has 82 valence electrons. The summed E-state index contributed by atoms with van der Waals surface area (Å²) in [6.07, 6.45) is 1.73. The van der Waals surface area contributed by atoms with Gasteiger partial charge in [-0.3, -0.25) is 4.79 Å². The van der Waals surface area contributed by atoms with Gasteiger partial charge in [0, 0.05) is 8.96 Å². The minimum absolute atomic E-state index is 0.01000. The summed E-state index contributed by atoms with van der Waals surface area (Å²) in [7, 11) is 0. The van der Waals surface area contributed by atoms with Gasteiger partial charge >= 0.3 is 0 Å². The highest BCUT2D eigenvalue weighted by molar-refractivity contribution is 14.1. The van der Waals surface area contributed by atoms with Gasteiger partial charge in [0.1, 0.15) is 5.75 Å². The molecule has 1 aliphatic rings. The molecule has 0 bridgehead atoms. The van der Waals surface area contributed by atoms with E-state index >= 15 is 0 Å². The van der Waals surface area contributed by atoms with Crippen molar-refractivity contribution in [2.24, 2.45) is 0 Å². The van der Waals surface area contributed by atoms with E-state index in [1.807, 2.05) is 18.2 Å². The molecule has 4 heteroatoms. The van der Waals surface area contributed by atoms with E-state index in [9.17, 15) is 4.79 Å². The molecule has 0 unspecified atom stereocenters. The fourth-order valence-corrected chi connectivity index (χ4v) is 2.59. The maximum absolute atomic E-state index is 11.9. The van der Waals surface area contributed by atoms with E-state index in [-0.39, 0.29) is 5.56 Å². The Kier molecular flexibility index (Phi) is 2.38. The van der Waals surface area contributed by atoms with Crippen LogP contribution in [0.2, 0.25) is 0 Å². The molecule has 0 saturated heterocycles. The van der Waals surface area contributed by atoms with Crippen molar-refractivity contribution in [3.05, 3.63) is 37.7 Å². The van der Waals surface area contributed by atoms with Crippen molar-refractivity contribution in [2.45, 2.75) is 12.8 Å². The first-order chi connectivity index (χ1) is 7.75. The predicted octanol–water partition coefficient (Wildman–Crippen LogP) is 2.46. The number of hydrogen-bond acceptors (Lipinski definition) is 2. The Bertz CT molecular complexity index is 618. The standard InChI is InChI=1S/C12H10INO2/c13-7-3-4-8-10(6-7)14-12(15)9-2-1-5-16-11(8)9/h3-4,6H,1-2,5H2,(H,14,15). The molecule has 1 aromatic heterocycles. The first-order valence-corrected chi connectivity index (χ1v) is 6.31. The zero-order valence-electron chi connectivity index (χ0n) is 8.55. The molecule has 16 heavy (non-hydrogen) atoms. The van der Waals surface area contributed by atoms with Crippen LogP contribution >= 0.6 is 22.6 Å². The molecule has 2 heterocycles. The van der Waals surface area contributed by atoms with Gasteiger partial charge in [-0.1, -0.05) is 0 Å². The second kappa shape index (κ2) is 3.76. The fourth-order valence-electron chi connectivity index (χ4n) is 2.10. The van der Waals surface area contributed by atoms with Crippen molar-refractivity contribution >= 4 is 33.5 Å². The van der Waals surface area contributed by atoms with Crippen LogP contribution in [0, 0.1) is 3.57 Å². The lowest BCUT2D eigenvalue weighted by Crippen LogP contribution is -2.20. The van der Waals surface area contributed by atoms with E-state index in [0.29, 0.717) is 6.61 Å². The highest BCUT2D eigenvalue weighted by Crippen LogP contribution is 2.30. The first kappa shape index (κ1) is 10.1. The van der Waals surface area contributed by atoms with Crippen molar-refractivity contribution in [3.63, 3.8) is 0 Å². The summed E-state index contributed by atoms with van der Waals surface area (Å²) >= 11 is 2.23. The van der Waals surface area contributed by atoms with Crippen LogP contribution in [0.15, 0.2) is 23.0 Å². The van der Waals surface area contributed by atoms with E-state index in [4.69, 9.17) is 4.74 Å². The summed E-state index contributed by atoms with van der Waals surface area (Å²) in [6, 6.07) is 6.01. The second-order valence-electron chi connectivity index (χ2n) is 3.90. The Morgan fingerprint density at radius 1 is 1.38 bits per heavy atom. The number of rotatable bonds is 0. The van der Waals surface area contributed by atoms with Crippen LogP contribution in [-0.2, 0) is 6.42 Å². The van der Waals surface area contributed by atoms with E-state index in [1.54, 1.807) is 0 Å². The van der Waals surface area contributed by atoms with E-state index in [0.717, 1.165) is 38.6 Å². The molecule has 3 rings (SSSR count). The minimum Gasteiger partial charge on any atom is -0.492 e. The Hall–Kier alpha value is -1.04. The molecule has 1 aromatic carbocycles. The maximum atomic E-state index is 11.9. The summed E-state index contributed by atoms with van der Waals surface area (Å²) < 4.78 is 6.74. The van der Waals surface area contributed by atoms with Gasteiger partial charge < -0.3 is 9.72 Å². The molecule has 0 fully saturated rings. The third-order valence-electron chi connectivity index (χ3n) is 2.84. The van der Waals surface area contributed by atoms with Gasteiger partial charge in [0.15, 0.2) is 0 Å². The molecule has 0 atom stereocenters. The Balaban J connectivity index is 2.42. The summed E-state index contributed by atoms with van der Waals surface area (Å²) in [5, 5.41) is 1.01. The van der Waals surface area contributed by atoms with Gasteiger partial charge in [-0.15, -0.1) is 0 Å². The van der Waals surface area contributed by atoms with Gasteiger partial charge in [-0.2, -0.15) is 0 Å². The van der Waals surface area contributed by atoms with Gasteiger partial charge in [0.25, 0.3) is 5.56 Å². The lowest BCUT2D eigenvalue weighted by Gasteiger charge is -2.18. The summed E-state index contributed by atoms with van der Waals surface area (Å²) in [5.74, 6) is 0.779. The van der Waals surface area contributed by atoms with E-state index < -0.39 is 0 Å². The Labute approximate surface area is 106 Å². The predicted molar refractivity (Wildman–Crippen MR) is 71.1 cm³/mol. The lowest BCUT2D eigenvalue weighted by molar-refractivity contribution is 0.291. The van der Waals surface area contributed by atoms with Gasteiger partial charge in [0.2, 0.25) is 0 Å². The average Bonchev–Trinajstić information content (AvgIpc) is 2.29. The number of pyridine rings is 1. The van der Waals surface area contributed by atoms with Crippen molar-refractivity contribution in [3.8, 4) is 5.75 Å².